The first-order chi connectivity index (χ1) is 6.93. The Morgan fingerprint density at radius 1 is 1.60 bits per heavy atom. The molecule has 0 saturated carbocycles. The van der Waals surface area contributed by atoms with Gasteiger partial charge in [0.1, 0.15) is 16.3 Å². The average Bonchev–Trinajstić information content (AvgIpc) is 2.12. The lowest BCUT2D eigenvalue weighted by atomic mass is 9.96. The minimum absolute atomic E-state index is 0.0283. The molecule has 0 aliphatic rings. The van der Waals surface area contributed by atoms with Gasteiger partial charge in [0.05, 0.1) is 0 Å². The van der Waals surface area contributed by atoms with Crippen LogP contribution in [-0.2, 0) is 5.41 Å². The molecule has 1 heterocycles. The summed E-state index contributed by atoms with van der Waals surface area (Å²) in [6.07, 6.45) is 1.80. The summed E-state index contributed by atoms with van der Waals surface area (Å²) in [6.45, 7) is 10.6. The van der Waals surface area contributed by atoms with Gasteiger partial charge >= 0.3 is 0 Å². The number of nitrogens with zero attached hydrogens (tertiary/aromatic N) is 1. The lowest BCUT2D eigenvalue weighted by Crippen LogP contribution is -2.17. The second-order valence-electron chi connectivity index (χ2n) is 4.40. The Kier molecular flexibility index (Phi) is 3.63. The molecule has 0 aliphatic carbocycles. The van der Waals surface area contributed by atoms with E-state index in [9.17, 15) is 0 Å². The third kappa shape index (κ3) is 3.47. The molecule has 0 bridgehead atoms. The van der Waals surface area contributed by atoms with Gasteiger partial charge in [-0.1, -0.05) is 39.1 Å². The van der Waals surface area contributed by atoms with E-state index in [-0.39, 0.29) is 5.41 Å². The summed E-state index contributed by atoms with van der Waals surface area (Å²) in [7, 11) is 0. The second kappa shape index (κ2) is 4.57. The first-order valence-corrected chi connectivity index (χ1v) is 5.31. The number of anilines is 1. The standard InChI is InChI=1S/C11H17N3S/c1-5-6-12-8-7-9(15)14-10(13-8)11(2,3)4/h5,7H,1,6H2,2-4H3,(H2,12,13,14,15). The Morgan fingerprint density at radius 2 is 2.27 bits per heavy atom. The third-order valence-corrected chi connectivity index (χ3v) is 2.10. The minimum Gasteiger partial charge on any atom is -0.368 e. The summed E-state index contributed by atoms with van der Waals surface area (Å²) in [5.41, 5.74) is -0.0283. The predicted molar refractivity (Wildman–Crippen MR) is 66.8 cm³/mol. The number of aromatic nitrogens is 2. The molecule has 0 amide bonds. The summed E-state index contributed by atoms with van der Waals surface area (Å²) < 4.78 is 0.602. The Morgan fingerprint density at radius 3 is 2.80 bits per heavy atom. The highest BCUT2D eigenvalue weighted by molar-refractivity contribution is 7.71. The zero-order valence-electron chi connectivity index (χ0n) is 9.42. The van der Waals surface area contributed by atoms with E-state index >= 15 is 0 Å². The van der Waals surface area contributed by atoms with Gasteiger partial charge in [0.2, 0.25) is 0 Å². The second-order valence-corrected chi connectivity index (χ2v) is 4.82. The number of aromatic amines is 1. The van der Waals surface area contributed by atoms with Crippen LogP contribution in [0.1, 0.15) is 26.6 Å². The van der Waals surface area contributed by atoms with Crippen LogP contribution in [0, 0.1) is 4.64 Å². The smallest absolute Gasteiger partial charge is 0.131 e. The molecule has 0 aliphatic heterocycles. The van der Waals surface area contributed by atoms with Gasteiger partial charge in [-0.05, 0) is 0 Å². The molecule has 2 N–H and O–H groups in total. The molecule has 0 spiro atoms. The predicted octanol–water partition coefficient (Wildman–Crippen LogP) is 3.03. The average molecular weight is 223 g/mol. The summed E-state index contributed by atoms with van der Waals surface area (Å²) in [4.78, 5) is 7.53. The van der Waals surface area contributed by atoms with Crippen LogP contribution in [0.15, 0.2) is 18.7 Å². The van der Waals surface area contributed by atoms with Crippen molar-refractivity contribution in [3.63, 3.8) is 0 Å². The zero-order valence-corrected chi connectivity index (χ0v) is 10.2. The molecule has 1 aromatic heterocycles. The first kappa shape index (κ1) is 11.9. The molecule has 0 aromatic carbocycles. The van der Waals surface area contributed by atoms with Gasteiger partial charge in [-0.2, -0.15) is 0 Å². The van der Waals surface area contributed by atoms with Crippen molar-refractivity contribution in [1.82, 2.24) is 9.97 Å². The Balaban J connectivity index is 3.05. The van der Waals surface area contributed by atoms with Gasteiger partial charge in [-0.15, -0.1) is 6.58 Å². The van der Waals surface area contributed by atoms with Crippen LogP contribution in [0.3, 0.4) is 0 Å². The Hall–Kier alpha value is -1.16. The van der Waals surface area contributed by atoms with Gasteiger partial charge in [0, 0.05) is 18.0 Å². The molecule has 0 saturated heterocycles. The summed E-state index contributed by atoms with van der Waals surface area (Å²) in [6, 6.07) is 1.81. The number of nitrogens with one attached hydrogen (secondary N) is 2. The van der Waals surface area contributed by atoms with E-state index in [1.54, 1.807) is 6.08 Å². The van der Waals surface area contributed by atoms with Crippen LogP contribution in [0.4, 0.5) is 5.82 Å². The van der Waals surface area contributed by atoms with Gasteiger partial charge < -0.3 is 10.3 Å². The first-order valence-electron chi connectivity index (χ1n) is 4.90. The molecule has 0 radical (unpaired) electrons. The lowest BCUT2D eigenvalue weighted by Gasteiger charge is -2.18. The van der Waals surface area contributed by atoms with Crippen molar-refractivity contribution in [3.05, 3.63) is 29.2 Å². The van der Waals surface area contributed by atoms with Crippen molar-refractivity contribution in [2.24, 2.45) is 0 Å². The van der Waals surface area contributed by atoms with Gasteiger partial charge in [0.15, 0.2) is 0 Å². The number of rotatable bonds is 3. The molecule has 1 aromatic rings. The van der Waals surface area contributed by atoms with Crippen LogP contribution in [0.25, 0.3) is 0 Å². The largest absolute Gasteiger partial charge is 0.368 e. The molecule has 3 nitrogen and oxygen atoms in total. The summed E-state index contributed by atoms with van der Waals surface area (Å²) in [5, 5.41) is 3.17. The molecular weight excluding hydrogens is 206 g/mol. The molecule has 0 unspecified atom stereocenters. The molecule has 82 valence electrons. The fourth-order valence-corrected chi connectivity index (χ4v) is 1.30. The number of hydrogen-bond acceptors (Lipinski definition) is 3. The molecular formula is C11H17N3S. The SMILES string of the molecule is C=CCNc1cc(=S)nc(C(C)(C)C)[nH]1. The number of hydrogen-bond donors (Lipinski definition) is 2. The monoisotopic (exact) mass is 223 g/mol. The van der Waals surface area contributed by atoms with Crippen LogP contribution in [0.2, 0.25) is 0 Å². The minimum atomic E-state index is -0.0283. The highest BCUT2D eigenvalue weighted by Gasteiger charge is 2.16. The zero-order chi connectivity index (χ0) is 11.5. The highest BCUT2D eigenvalue weighted by Crippen LogP contribution is 2.19. The topological polar surface area (TPSA) is 40.7 Å². The van der Waals surface area contributed by atoms with Crippen LogP contribution < -0.4 is 5.32 Å². The van der Waals surface area contributed by atoms with Crippen LogP contribution in [0.5, 0.6) is 0 Å². The molecule has 4 heteroatoms. The van der Waals surface area contributed by atoms with Gasteiger partial charge in [0.25, 0.3) is 0 Å². The maximum Gasteiger partial charge on any atom is 0.131 e. The lowest BCUT2D eigenvalue weighted by molar-refractivity contribution is 0.545. The van der Waals surface area contributed by atoms with Crippen molar-refractivity contribution in [2.45, 2.75) is 26.2 Å². The Labute approximate surface area is 95.6 Å². The molecule has 0 atom stereocenters. The van der Waals surface area contributed by atoms with Crippen LogP contribution in [-0.4, -0.2) is 16.5 Å². The van der Waals surface area contributed by atoms with E-state index in [2.05, 4.69) is 42.6 Å². The highest BCUT2D eigenvalue weighted by atomic mass is 32.1. The van der Waals surface area contributed by atoms with Crippen molar-refractivity contribution in [3.8, 4) is 0 Å². The van der Waals surface area contributed by atoms with E-state index in [0.29, 0.717) is 11.2 Å². The van der Waals surface area contributed by atoms with Crippen LogP contribution >= 0.6 is 12.2 Å². The maximum atomic E-state index is 5.11. The summed E-state index contributed by atoms with van der Waals surface area (Å²) in [5.74, 6) is 1.78. The van der Waals surface area contributed by atoms with Gasteiger partial charge in [-0.25, -0.2) is 4.98 Å². The van der Waals surface area contributed by atoms with E-state index in [0.717, 1.165) is 11.6 Å². The maximum absolute atomic E-state index is 5.11. The fraction of sp³-hybridized carbons (Fsp3) is 0.455. The van der Waals surface area contributed by atoms with E-state index in [4.69, 9.17) is 12.2 Å². The number of H-pyrrole nitrogens is 1. The molecule has 1 rings (SSSR count). The summed E-state index contributed by atoms with van der Waals surface area (Å²) >= 11 is 5.11. The van der Waals surface area contributed by atoms with Crippen molar-refractivity contribution in [1.29, 1.82) is 0 Å². The van der Waals surface area contributed by atoms with E-state index in [1.165, 1.54) is 0 Å². The molecule has 15 heavy (non-hydrogen) atoms. The third-order valence-electron chi connectivity index (χ3n) is 1.89. The normalized spacial score (nSPS) is 11.1. The van der Waals surface area contributed by atoms with Crippen molar-refractivity contribution < 1.29 is 0 Å². The Bertz CT molecular complexity index is 401. The van der Waals surface area contributed by atoms with Crippen molar-refractivity contribution in [2.75, 3.05) is 11.9 Å². The van der Waals surface area contributed by atoms with Gasteiger partial charge in [-0.3, -0.25) is 0 Å². The van der Waals surface area contributed by atoms with Crippen molar-refractivity contribution >= 4 is 18.0 Å². The molecule has 0 fully saturated rings. The fourth-order valence-electron chi connectivity index (χ4n) is 1.09. The van der Waals surface area contributed by atoms with E-state index < -0.39 is 0 Å². The quantitative estimate of drug-likeness (QED) is 0.611. The van der Waals surface area contributed by atoms with E-state index in [1.807, 2.05) is 6.07 Å².